The number of nitrogens with zero attached hydrogens (tertiary/aromatic N) is 1. The van der Waals surface area contributed by atoms with Gasteiger partial charge in [-0.05, 0) is 36.7 Å². The van der Waals surface area contributed by atoms with Crippen LogP contribution < -0.4 is 5.32 Å². The van der Waals surface area contributed by atoms with Crippen LogP contribution in [0.2, 0.25) is 5.02 Å². The maximum Gasteiger partial charge on any atom is 0.139 e. The van der Waals surface area contributed by atoms with Gasteiger partial charge in [-0.25, -0.2) is 4.98 Å². The summed E-state index contributed by atoms with van der Waals surface area (Å²) >= 11 is 6.40. The van der Waals surface area contributed by atoms with Gasteiger partial charge in [0.25, 0.3) is 0 Å². The lowest BCUT2D eigenvalue weighted by molar-refractivity contribution is 0.212. The Morgan fingerprint density at radius 2 is 2.19 bits per heavy atom. The number of fused-ring (bicyclic) bond motifs is 1. The Morgan fingerprint density at radius 1 is 1.38 bits per heavy atom. The second-order valence-corrected chi connectivity index (χ2v) is 7.21. The molecule has 2 N–H and O–H groups in total. The van der Waals surface area contributed by atoms with E-state index < -0.39 is 0 Å². The molecule has 3 atom stereocenters. The first-order chi connectivity index (χ1) is 10.1. The molecule has 21 heavy (non-hydrogen) atoms. The van der Waals surface area contributed by atoms with E-state index in [1.54, 1.807) is 6.20 Å². The third kappa shape index (κ3) is 2.89. The fourth-order valence-electron chi connectivity index (χ4n) is 3.68. The van der Waals surface area contributed by atoms with Crippen molar-refractivity contribution in [3.8, 4) is 0 Å². The van der Waals surface area contributed by atoms with Crippen LogP contribution in [0.15, 0.2) is 18.5 Å². The monoisotopic (exact) mass is 305 g/mol. The zero-order chi connectivity index (χ0) is 15.0. The minimum Gasteiger partial charge on any atom is -0.380 e. The molecule has 1 saturated carbocycles. The summed E-state index contributed by atoms with van der Waals surface area (Å²) in [4.78, 5) is 7.49. The van der Waals surface area contributed by atoms with E-state index >= 15 is 0 Å². The Balaban J connectivity index is 1.92. The highest BCUT2D eigenvalue weighted by Crippen LogP contribution is 2.38. The van der Waals surface area contributed by atoms with Crippen molar-refractivity contribution < 1.29 is 0 Å². The highest BCUT2D eigenvalue weighted by atomic mass is 35.5. The third-order valence-corrected chi connectivity index (χ3v) is 5.18. The molecule has 0 saturated heterocycles. The smallest absolute Gasteiger partial charge is 0.139 e. The lowest BCUT2D eigenvalue weighted by Crippen LogP contribution is -2.37. The van der Waals surface area contributed by atoms with E-state index in [4.69, 9.17) is 11.6 Å². The van der Waals surface area contributed by atoms with Gasteiger partial charge in [-0.3, -0.25) is 0 Å². The molecule has 2 aromatic heterocycles. The van der Waals surface area contributed by atoms with E-state index in [0.717, 1.165) is 22.6 Å². The van der Waals surface area contributed by atoms with Gasteiger partial charge in [-0.2, -0.15) is 0 Å². The normalized spacial score (nSPS) is 26.4. The summed E-state index contributed by atoms with van der Waals surface area (Å²) in [7, 11) is 0. The first kappa shape index (κ1) is 14.7. The van der Waals surface area contributed by atoms with Crippen LogP contribution in [0.5, 0.6) is 0 Å². The Labute approximate surface area is 131 Å². The summed E-state index contributed by atoms with van der Waals surface area (Å²) in [6.45, 7) is 7.01. The number of pyridine rings is 1. The molecule has 1 aliphatic carbocycles. The molecular weight excluding hydrogens is 282 g/mol. The Hall–Kier alpha value is -1.22. The van der Waals surface area contributed by atoms with E-state index in [-0.39, 0.29) is 0 Å². The summed E-state index contributed by atoms with van der Waals surface area (Å²) in [6.07, 6.45) is 7.51. The second-order valence-electron chi connectivity index (χ2n) is 6.80. The molecule has 1 aliphatic rings. The van der Waals surface area contributed by atoms with Crippen molar-refractivity contribution in [2.45, 2.75) is 46.1 Å². The largest absolute Gasteiger partial charge is 0.380 e. The topological polar surface area (TPSA) is 40.7 Å². The van der Waals surface area contributed by atoms with Crippen molar-refractivity contribution in [1.82, 2.24) is 9.97 Å². The van der Waals surface area contributed by atoms with Gasteiger partial charge in [0.2, 0.25) is 0 Å². The molecule has 4 heteroatoms. The lowest BCUT2D eigenvalue weighted by atomic mass is 9.74. The van der Waals surface area contributed by atoms with Gasteiger partial charge in [0.1, 0.15) is 5.65 Å². The van der Waals surface area contributed by atoms with Gasteiger partial charge in [-0.1, -0.05) is 38.8 Å². The summed E-state index contributed by atoms with van der Waals surface area (Å²) < 4.78 is 0. The van der Waals surface area contributed by atoms with Gasteiger partial charge >= 0.3 is 0 Å². The molecule has 2 heterocycles. The Morgan fingerprint density at radius 3 is 2.95 bits per heavy atom. The minimum absolute atomic E-state index is 0.492. The van der Waals surface area contributed by atoms with Crippen molar-refractivity contribution in [2.75, 3.05) is 5.32 Å². The van der Waals surface area contributed by atoms with E-state index in [9.17, 15) is 0 Å². The van der Waals surface area contributed by atoms with Crippen LogP contribution in [-0.2, 0) is 0 Å². The number of hydrogen-bond donors (Lipinski definition) is 2. The second kappa shape index (κ2) is 5.88. The standard InChI is InChI=1S/C17H24ClN3/c1-10(2)12-5-4-11(3)8-15(12)21-16-13-6-7-19-17(13)20-9-14(16)18/h6-7,9-12,15H,4-5,8H2,1-3H3,(H2,19,20,21)/t11-,12?,15-/m1/s1. The molecular formula is C17H24ClN3. The highest BCUT2D eigenvalue weighted by Gasteiger charge is 2.31. The molecule has 0 aliphatic heterocycles. The highest BCUT2D eigenvalue weighted by molar-refractivity contribution is 6.34. The van der Waals surface area contributed by atoms with Gasteiger partial charge < -0.3 is 10.3 Å². The molecule has 0 spiro atoms. The van der Waals surface area contributed by atoms with Crippen LogP contribution in [0, 0.1) is 17.8 Å². The average molecular weight is 306 g/mol. The third-order valence-electron chi connectivity index (χ3n) is 4.89. The van der Waals surface area contributed by atoms with Crippen LogP contribution in [0.3, 0.4) is 0 Å². The molecule has 1 unspecified atom stereocenters. The first-order valence-electron chi connectivity index (χ1n) is 7.94. The lowest BCUT2D eigenvalue weighted by Gasteiger charge is -2.38. The zero-order valence-corrected chi connectivity index (χ0v) is 13.7. The molecule has 0 radical (unpaired) electrons. The molecule has 3 nitrogen and oxygen atoms in total. The van der Waals surface area contributed by atoms with Crippen molar-refractivity contribution in [1.29, 1.82) is 0 Å². The van der Waals surface area contributed by atoms with Crippen molar-refractivity contribution in [3.63, 3.8) is 0 Å². The fraction of sp³-hybridized carbons (Fsp3) is 0.588. The number of aromatic amines is 1. The van der Waals surface area contributed by atoms with Crippen molar-refractivity contribution in [2.24, 2.45) is 17.8 Å². The number of nitrogens with one attached hydrogen (secondary N) is 2. The quantitative estimate of drug-likeness (QED) is 0.829. The van der Waals surface area contributed by atoms with E-state index in [2.05, 4.69) is 36.1 Å². The van der Waals surface area contributed by atoms with Gasteiger partial charge in [-0.15, -0.1) is 0 Å². The molecule has 0 bridgehead atoms. The van der Waals surface area contributed by atoms with Crippen molar-refractivity contribution in [3.05, 3.63) is 23.5 Å². The fourth-order valence-corrected chi connectivity index (χ4v) is 3.89. The number of halogens is 1. The van der Waals surface area contributed by atoms with E-state index in [1.807, 2.05) is 12.3 Å². The predicted molar refractivity (Wildman–Crippen MR) is 89.9 cm³/mol. The van der Waals surface area contributed by atoms with Gasteiger partial charge in [0.15, 0.2) is 0 Å². The molecule has 1 fully saturated rings. The van der Waals surface area contributed by atoms with Crippen LogP contribution >= 0.6 is 11.6 Å². The number of H-pyrrole nitrogens is 1. The predicted octanol–water partition coefficient (Wildman–Crippen LogP) is 5.09. The number of anilines is 1. The molecule has 114 valence electrons. The summed E-state index contributed by atoms with van der Waals surface area (Å²) in [5.41, 5.74) is 1.93. The molecule has 0 amide bonds. The first-order valence-corrected chi connectivity index (χ1v) is 8.32. The van der Waals surface area contributed by atoms with Crippen LogP contribution in [-0.4, -0.2) is 16.0 Å². The minimum atomic E-state index is 0.492. The SMILES string of the molecule is CC(C)C1CC[C@@H](C)C[C@H]1Nc1c(Cl)cnc2[nH]ccc12. The maximum absolute atomic E-state index is 6.40. The summed E-state index contributed by atoms with van der Waals surface area (Å²) in [5, 5.41) is 5.55. The average Bonchev–Trinajstić information content (AvgIpc) is 2.90. The van der Waals surface area contributed by atoms with E-state index in [1.165, 1.54) is 19.3 Å². The Kier molecular flexibility index (Phi) is 4.12. The van der Waals surface area contributed by atoms with E-state index in [0.29, 0.717) is 22.9 Å². The summed E-state index contributed by atoms with van der Waals surface area (Å²) in [6, 6.07) is 2.54. The van der Waals surface area contributed by atoms with Gasteiger partial charge in [0, 0.05) is 17.6 Å². The van der Waals surface area contributed by atoms with Gasteiger partial charge in [0.05, 0.1) is 16.9 Å². The van der Waals surface area contributed by atoms with Crippen LogP contribution in [0.4, 0.5) is 5.69 Å². The zero-order valence-electron chi connectivity index (χ0n) is 13.0. The number of rotatable bonds is 3. The Bertz CT molecular complexity index is 620. The maximum atomic E-state index is 6.40. The molecule has 0 aromatic carbocycles. The van der Waals surface area contributed by atoms with Crippen LogP contribution in [0.25, 0.3) is 11.0 Å². The molecule has 3 rings (SSSR count). The number of hydrogen-bond acceptors (Lipinski definition) is 2. The summed E-state index contributed by atoms with van der Waals surface area (Å²) in [5.74, 6) is 2.18. The molecule has 2 aromatic rings. The number of aromatic nitrogens is 2. The van der Waals surface area contributed by atoms with Crippen LogP contribution in [0.1, 0.15) is 40.0 Å². The van der Waals surface area contributed by atoms with Crippen molar-refractivity contribution >= 4 is 28.3 Å².